The molecule has 0 aliphatic carbocycles. The van der Waals surface area contributed by atoms with Gasteiger partial charge < -0.3 is 5.73 Å². The lowest BCUT2D eigenvalue weighted by Gasteiger charge is -2.19. The first-order chi connectivity index (χ1) is 8.86. The van der Waals surface area contributed by atoms with Crippen molar-refractivity contribution in [2.45, 2.75) is 36.0 Å². The van der Waals surface area contributed by atoms with Crippen LogP contribution in [0.15, 0.2) is 52.3 Å². The molecule has 2 aromatic carbocycles. The highest BCUT2D eigenvalue weighted by atomic mass is 35.5. The Morgan fingerprint density at radius 3 is 2.16 bits per heavy atom. The zero-order chi connectivity index (χ0) is 14.0. The summed E-state index contributed by atoms with van der Waals surface area (Å²) in [4.78, 5) is 2.22. The molecular weight excluding hydrogens is 274 g/mol. The molecular formula is C16H18ClNS. The minimum absolute atomic E-state index is 0.183. The van der Waals surface area contributed by atoms with Crippen molar-refractivity contribution < 1.29 is 0 Å². The molecule has 0 heterocycles. The van der Waals surface area contributed by atoms with E-state index < -0.39 is 0 Å². The molecule has 0 bridgehead atoms. The van der Waals surface area contributed by atoms with Gasteiger partial charge in [0.2, 0.25) is 0 Å². The van der Waals surface area contributed by atoms with Gasteiger partial charge in [0, 0.05) is 20.5 Å². The van der Waals surface area contributed by atoms with E-state index in [-0.39, 0.29) is 5.41 Å². The van der Waals surface area contributed by atoms with Crippen LogP contribution < -0.4 is 5.73 Å². The average Bonchev–Trinajstić information content (AvgIpc) is 2.32. The van der Waals surface area contributed by atoms with Crippen LogP contribution >= 0.6 is 23.4 Å². The topological polar surface area (TPSA) is 26.0 Å². The quantitative estimate of drug-likeness (QED) is 0.753. The highest BCUT2D eigenvalue weighted by Crippen LogP contribution is 2.34. The molecule has 0 saturated carbocycles. The zero-order valence-electron chi connectivity index (χ0n) is 11.4. The van der Waals surface area contributed by atoms with E-state index in [0.717, 1.165) is 10.6 Å². The van der Waals surface area contributed by atoms with Crippen LogP contribution in [0.3, 0.4) is 0 Å². The Morgan fingerprint density at radius 2 is 1.63 bits per heavy atom. The first-order valence-electron chi connectivity index (χ1n) is 6.20. The molecule has 2 N–H and O–H groups in total. The summed E-state index contributed by atoms with van der Waals surface area (Å²) in [6.07, 6.45) is 0. The largest absolute Gasteiger partial charge is 0.398 e. The summed E-state index contributed by atoms with van der Waals surface area (Å²) >= 11 is 7.56. The summed E-state index contributed by atoms with van der Waals surface area (Å²) in [5.74, 6) is 0. The van der Waals surface area contributed by atoms with Gasteiger partial charge in [-0.05, 0) is 41.3 Å². The molecule has 0 fully saturated rings. The molecule has 0 unspecified atom stereocenters. The molecule has 0 spiro atoms. The van der Waals surface area contributed by atoms with Crippen LogP contribution in [0.2, 0.25) is 5.02 Å². The van der Waals surface area contributed by atoms with Gasteiger partial charge in [-0.2, -0.15) is 0 Å². The maximum Gasteiger partial charge on any atom is 0.0470 e. The normalized spacial score (nSPS) is 11.6. The lowest BCUT2D eigenvalue weighted by Crippen LogP contribution is -2.10. The Hall–Kier alpha value is -1.12. The van der Waals surface area contributed by atoms with Crippen LogP contribution in [-0.2, 0) is 5.41 Å². The molecule has 0 atom stereocenters. The summed E-state index contributed by atoms with van der Waals surface area (Å²) < 4.78 is 0. The summed E-state index contributed by atoms with van der Waals surface area (Å²) in [6, 6.07) is 14.2. The van der Waals surface area contributed by atoms with E-state index in [4.69, 9.17) is 17.3 Å². The van der Waals surface area contributed by atoms with Crippen molar-refractivity contribution in [1.82, 2.24) is 0 Å². The Labute approximate surface area is 124 Å². The number of anilines is 1. The lowest BCUT2D eigenvalue weighted by atomic mass is 9.87. The lowest BCUT2D eigenvalue weighted by molar-refractivity contribution is 0.590. The molecule has 0 saturated heterocycles. The predicted molar refractivity (Wildman–Crippen MR) is 85.1 cm³/mol. The van der Waals surface area contributed by atoms with E-state index in [1.54, 1.807) is 17.8 Å². The number of hydrogen-bond acceptors (Lipinski definition) is 2. The number of nitrogens with two attached hydrogens (primary N) is 1. The summed E-state index contributed by atoms with van der Waals surface area (Å²) in [7, 11) is 0. The fourth-order valence-electron chi connectivity index (χ4n) is 1.76. The third-order valence-corrected chi connectivity index (χ3v) is 4.25. The summed E-state index contributed by atoms with van der Waals surface area (Å²) in [6.45, 7) is 6.64. The smallest absolute Gasteiger partial charge is 0.0470 e. The minimum Gasteiger partial charge on any atom is -0.398 e. The van der Waals surface area contributed by atoms with Crippen LogP contribution in [0.25, 0.3) is 0 Å². The monoisotopic (exact) mass is 291 g/mol. The fourth-order valence-corrected chi connectivity index (χ4v) is 2.78. The van der Waals surface area contributed by atoms with Crippen LogP contribution in [0.1, 0.15) is 26.3 Å². The Balaban J connectivity index is 2.20. The van der Waals surface area contributed by atoms with E-state index in [9.17, 15) is 0 Å². The van der Waals surface area contributed by atoms with Crippen molar-refractivity contribution in [1.29, 1.82) is 0 Å². The second-order valence-electron chi connectivity index (χ2n) is 5.56. The Bertz CT molecular complexity index is 570. The highest BCUT2D eigenvalue weighted by Gasteiger charge is 2.13. The van der Waals surface area contributed by atoms with Gasteiger partial charge in [0.15, 0.2) is 0 Å². The van der Waals surface area contributed by atoms with Crippen molar-refractivity contribution in [2.24, 2.45) is 0 Å². The first kappa shape index (κ1) is 14.3. The average molecular weight is 292 g/mol. The highest BCUT2D eigenvalue weighted by molar-refractivity contribution is 7.99. The van der Waals surface area contributed by atoms with E-state index >= 15 is 0 Å². The molecule has 0 aromatic heterocycles. The fraction of sp³-hybridized carbons (Fsp3) is 0.250. The van der Waals surface area contributed by atoms with Gasteiger partial charge >= 0.3 is 0 Å². The molecule has 0 aliphatic rings. The van der Waals surface area contributed by atoms with Gasteiger partial charge in [-0.1, -0.05) is 56.3 Å². The molecule has 0 aliphatic heterocycles. The summed E-state index contributed by atoms with van der Waals surface area (Å²) in [5, 5.41) is 0.671. The molecule has 1 nitrogen and oxygen atoms in total. The Kier molecular flexibility index (Phi) is 4.12. The molecule has 3 heteroatoms. The first-order valence-corrected chi connectivity index (χ1v) is 7.39. The standard InChI is InChI=1S/C16H18ClNS/c1-16(2,3)11-4-7-13(8-5-11)19-15-9-6-12(17)10-14(15)18/h4-10H,18H2,1-3H3. The molecule has 2 rings (SSSR count). The van der Waals surface area contributed by atoms with Crippen LogP contribution in [0, 0.1) is 0 Å². The van der Waals surface area contributed by atoms with Crippen molar-refractivity contribution in [2.75, 3.05) is 5.73 Å². The predicted octanol–water partition coefficient (Wildman–Crippen LogP) is 5.37. The molecule has 100 valence electrons. The SMILES string of the molecule is CC(C)(C)c1ccc(Sc2ccc(Cl)cc2N)cc1. The van der Waals surface area contributed by atoms with Crippen molar-refractivity contribution in [3.63, 3.8) is 0 Å². The number of halogens is 1. The van der Waals surface area contributed by atoms with Gasteiger partial charge in [-0.3, -0.25) is 0 Å². The zero-order valence-corrected chi connectivity index (χ0v) is 13.0. The van der Waals surface area contributed by atoms with E-state index in [0.29, 0.717) is 5.02 Å². The maximum atomic E-state index is 5.96. The molecule has 0 radical (unpaired) electrons. The van der Waals surface area contributed by atoms with E-state index in [2.05, 4.69) is 45.0 Å². The third-order valence-electron chi connectivity index (χ3n) is 2.92. The Morgan fingerprint density at radius 1 is 1.00 bits per heavy atom. The van der Waals surface area contributed by atoms with Crippen LogP contribution in [-0.4, -0.2) is 0 Å². The second kappa shape index (κ2) is 5.48. The van der Waals surface area contributed by atoms with Gasteiger partial charge in [0.1, 0.15) is 0 Å². The second-order valence-corrected chi connectivity index (χ2v) is 7.11. The third kappa shape index (κ3) is 3.68. The van der Waals surface area contributed by atoms with E-state index in [1.165, 1.54) is 10.5 Å². The van der Waals surface area contributed by atoms with Gasteiger partial charge in [-0.25, -0.2) is 0 Å². The summed E-state index contributed by atoms with van der Waals surface area (Å²) in [5.41, 5.74) is 8.20. The molecule has 19 heavy (non-hydrogen) atoms. The molecule has 0 amide bonds. The van der Waals surface area contributed by atoms with E-state index in [1.807, 2.05) is 12.1 Å². The van der Waals surface area contributed by atoms with Crippen molar-refractivity contribution in [3.8, 4) is 0 Å². The maximum absolute atomic E-state index is 5.96. The number of nitrogen functional groups attached to an aromatic ring is 1. The number of benzene rings is 2. The van der Waals surface area contributed by atoms with Gasteiger partial charge in [0.05, 0.1) is 0 Å². The number of hydrogen-bond donors (Lipinski definition) is 1. The van der Waals surface area contributed by atoms with Crippen molar-refractivity contribution in [3.05, 3.63) is 53.1 Å². The van der Waals surface area contributed by atoms with Gasteiger partial charge in [-0.15, -0.1) is 0 Å². The molecule has 2 aromatic rings. The van der Waals surface area contributed by atoms with Crippen LogP contribution in [0.5, 0.6) is 0 Å². The number of rotatable bonds is 2. The van der Waals surface area contributed by atoms with Crippen molar-refractivity contribution >= 4 is 29.1 Å². The van der Waals surface area contributed by atoms with Crippen LogP contribution in [0.4, 0.5) is 5.69 Å². The minimum atomic E-state index is 0.183. The van der Waals surface area contributed by atoms with Gasteiger partial charge in [0.25, 0.3) is 0 Å².